The first-order valence-electron chi connectivity index (χ1n) is 5.61. The van der Waals surface area contributed by atoms with Gasteiger partial charge in [-0.05, 0) is 18.2 Å². The zero-order valence-electron chi connectivity index (χ0n) is 10.3. The van der Waals surface area contributed by atoms with E-state index >= 15 is 0 Å². The van der Waals surface area contributed by atoms with Gasteiger partial charge in [0.15, 0.2) is 5.84 Å². The Balaban J connectivity index is 2.25. The Labute approximate surface area is 119 Å². The highest BCUT2D eigenvalue weighted by Crippen LogP contribution is 2.34. The molecule has 6 nitrogen and oxygen atoms in total. The third kappa shape index (κ3) is 3.07. The van der Waals surface area contributed by atoms with E-state index in [1.54, 1.807) is 42.5 Å². The highest BCUT2D eigenvalue weighted by Gasteiger charge is 2.13. The third-order valence-electron chi connectivity index (χ3n) is 2.55. The van der Waals surface area contributed by atoms with E-state index < -0.39 is 4.92 Å². The van der Waals surface area contributed by atoms with Crippen LogP contribution in [0.2, 0.25) is 0 Å². The van der Waals surface area contributed by atoms with Crippen LogP contribution >= 0.6 is 11.8 Å². The van der Waals surface area contributed by atoms with Gasteiger partial charge in [-0.3, -0.25) is 10.1 Å². The molecule has 0 aliphatic heterocycles. The van der Waals surface area contributed by atoms with Gasteiger partial charge in [0.2, 0.25) is 0 Å². The Bertz CT molecular complexity index is 656. The molecule has 7 heteroatoms. The van der Waals surface area contributed by atoms with Crippen molar-refractivity contribution in [1.82, 2.24) is 0 Å². The Kier molecular flexibility index (Phi) is 4.21. The van der Waals surface area contributed by atoms with E-state index in [1.807, 2.05) is 0 Å². The number of nitro groups is 1. The summed E-state index contributed by atoms with van der Waals surface area (Å²) >= 11 is 1.29. The van der Waals surface area contributed by atoms with Gasteiger partial charge in [0.25, 0.3) is 5.69 Å². The highest BCUT2D eigenvalue weighted by atomic mass is 32.2. The molecule has 0 saturated carbocycles. The number of hydrogen-bond acceptors (Lipinski definition) is 5. The molecule has 0 aliphatic rings. The summed E-state index contributed by atoms with van der Waals surface area (Å²) in [7, 11) is 0. The van der Waals surface area contributed by atoms with Crippen LogP contribution in [0.1, 0.15) is 5.56 Å². The maximum absolute atomic E-state index is 10.9. The van der Waals surface area contributed by atoms with Crippen LogP contribution in [0.4, 0.5) is 5.69 Å². The van der Waals surface area contributed by atoms with E-state index in [9.17, 15) is 10.1 Å². The maximum atomic E-state index is 10.9. The maximum Gasteiger partial charge on any atom is 0.283 e. The highest BCUT2D eigenvalue weighted by molar-refractivity contribution is 7.99. The van der Waals surface area contributed by atoms with Crippen LogP contribution in [0.25, 0.3) is 0 Å². The lowest BCUT2D eigenvalue weighted by Gasteiger charge is -2.04. The van der Waals surface area contributed by atoms with Gasteiger partial charge in [-0.2, -0.15) is 0 Å². The van der Waals surface area contributed by atoms with Gasteiger partial charge in [-0.1, -0.05) is 41.2 Å². The van der Waals surface area contributed by atoms with Crippen molar-refractivity contribution in [1.29, 1.82) is 0 Å². The first-order chi connectivity index (χ1) is 9.61. The monoisotopic (exact) mass is 289 g/mol. The normalized spacial score (nSPS) is 11.3. The molecule has 0 spiro atoms. The Morgan fingerprint density at radius 3 is 2.45 bits per heavy atom. The van der Waals surface area contributed by atoms with Gasteiger partial charge in [0.1, 0.15) is 0 Å². The second kappa shape index (κ2) is 6.07. The number of nitrogens with two attached hydrogens (primary N) is 1. The minimum absolute atomic E-state index is 0.0206. The molecule has 0 atom stereocenters. The Morgan fingerprint density at radius 2 is 1.85 bits per heavy atom. The molecule has 0 amide bonds. The number of para-hydroxylation sites is 1. The van der Waals surface area contributed by atoms with E-state index in [1.165, 1.54) is 17.8 Å². The zero-order chi connectivity index (χ0) is 14.5. The summed E-state index contributed by atoms with van der Waals surface area (Å²) in [5.74, 6) is 0.0206. The van der Waals surface area contributed by atoms with Crippen molar-refractivity contribution in [2.24, 2.45) is 10.9 Å². The first kappa shape index (κ1) is 13.9. The van der Waals surface area contributed by atoms with E-state index in [-0.39, 0.29) is 11.5 Å². The molecule has 0 heterocycles. The lowest BCUT2D eigenvalue weighted by atomic mass is 10.2. The molecular formula is C13H11N3O3S. The molecule has 3 N–H and O–H groups in total. The fourth-order valence-electron chi connectivity index (χ4n) is 1.57. The molecule has 2 aromatic rings. The van der Waals surface area contributed by atoms with Crippen LogP contribution in [-0.2, 0) is 0 Å². The molecule has 0 bridgehead atoms. The second-order valence-corrected chi connectivity index (χ2v) is 4.95. The van der Waals surface area contributed by atoms with Crippen molar-refractivity contribution in [3.05, 3.63) is 64.2 Å². The van der Waals surface area contributed by atoms with E-state index in [2.05, 4.69) is 5.16 Å². The number of oxime groups is 1. The topological polar surface area (TPSA) is 102 Å². The van der Waals surface area contributed by atoms with Gasteiger partial charge in [0.05, 0.1) is 9.82 Å². The predicted molar refractivity (Wildman–Crippen MR) is 76.2 cm³/mol. The fourth-order valence-corrected chi connectivity index (χ4v) is 2.49. The number of nitrogens with zero attached hydrogens (tertiary/aromatic N) is 2. The lowest BCUT2D eigenvalue weighted by Crippen LogP contribution is -2.12. The average molecular weight is 289 g/mol. The molecule has 0 saturated heterocycles. The van der Waals surface area contributed by atoms with Gasteiger partial charge >= 0.3 is 0 Å². The SMILES string of the molecule is N/C(=N\O)c1ccc(Sc2ccccc2[N+](=O)[O-])cc1. The molecule has 102 valence electrons. The van der Waals surface area contributed by atoms with Crippen LogP contribution in [0.5, 0.6) is 0 Å². The second-order valence-electron chi connectivity index (χ2n) is 3.84. The summed E-state index contributed by atoms with van der Waals surface area (Å²) in [6.45, 7) is 0. The summed E-state index contributed by atoms with van der Waals surface area (Å²) in [4.78, 5) is 11.9. The van der Waals surface area contributed by atoms with Crippen molar-refractivity contribution in [3.63, 3.8) is 0 Å². The van der Waals surface area contributed by atoms with Gasteiger partial charge in [0, 0.05) is 16.5 Å². The van der Waals surface area contributed by atoms with Crippen LogP contribution in [0.3, 0.4) is 0 Å². The average Bonchev–Trinajstić information content (AvgIpc) is 2.47. The van der Waals surface area contributed by atoms with E-state index in [4.69, 9.17) is 10.9 Å². The Hall–Kier alpha value is -2.54. The van der Waals surface area contributed by atoms with Crippen LogP contribution in [-0.4, -0.2) is 16.0 Å². The number of benzene rings is 2. The van der Waals surface area contributed by atoms with Crippen LogP contribution in [0.15, 0.2) is 63.5 Å². The van der Waals surface area contributed by atoms with Gasteiger partial charge < -0.3 is 10.9 Å². The summed E-state index contributed by atoms with van der Waals surface area (Å²) < 4.78 is 0. The minimum atomic E-state index is -0.410. The summed E-state index contributed by atoms with van der Waals surface area (Å²) in [6.07, 6.45) is 0. The predicted octanol–water partition coefficient (Wildman–Crippen LogP) is 2.84. The summed E-state index contributed by atoms with van der Waals surface area (Å²) in [5.41, 5.74) is 6.12. The molecule has 0 fully saturated rings. The molecule has 2 rings (SSSR count). The van der Waals surface area contributed by atoms with Gasteiger partial charge in [-0.25, -0.2) is 0 Å². The van der Waals surface area contributed by atoms with Crippen molar-refractivity contribution in [3.8, 4) is 0 Å². The summed E-state index contributed by atoms with van der Waals surface area (Å²) in [5, 5.41) is 22.4. The molecule has 0 radical (unpaired) electrons. The summed E-state index contributed by atoms with van der Waals surface area (Å²) in [6, 6.07) is 13.4. The van der Waals surface area contributed by atoms with Crippen molar-refractivity contribution >= 4 is 23.3 Å². The zero-order valence-corrected chi connectivity index (χ0v) is 11.1. The molecule has 0 aromatic heterocycles. The third-order valence-corrected chi connectivity index (χ3v) is 3.62. The standard InChI is InChI=1S/C13H11N3O3S/c14-13(15-17)9-5-7-10(8-6-9)20-12-4-2-1-3-11(12)16(18)19/h1-8,17H,(H2,14,15). The quantitative estimate of drug-likeness (QED) is 0.296. The Morgan fingerprint density at radius 1 is 1.20 bits per heavy atom. The number of hydrogen-bond donors (Lipinski definition) is 2. The largest absolute Gasteiger partial charge is 0.409 e. The minimum Gasteiger partial charge on any atom is -0.409 e. The molecule has 0 aliphatic carbocycles. The van der Waals surface area contributed by atoms with Crippen molar-refractivity contribution in [2.45, 2.75) is 9.79 Å². The fraction of sp³-hybridized carbons (Fsp3) is 0. The molecule has 0 unspecified atom stereocenters. The van der Waals surface area contributed by atoms with Crippen LogP contribution in [0, 0.1) is 10.1 Å². The van der Waals surface area contributed by atoms with E-state index in [0.717, 1.165) is 4.90 Å². The lowest BCUT2D eigenvalue weighted by molar-refractivity contribution is -0.387. The van der Waals surface area contributed by atoms with Gasteiger partial charge in [-0.15, -0.1) is 0 Å². The smallest absolute Gasteiger partial charge is 0.283 e. The number of amidine groups is 1. The number of nitro benzene ring substituents is 1. The molecule has 20 heavy (non-hydrogen) atoms. The molecule has 2 aromatic carbocycles. The van der Waals surface area contributed by atoms with Crippen molar-refractivity contribution in [2.75, 3.05) is 0 Å². The van der Waals surface area contributed by atoms with E-state index in [0.29, 0.717) is 10.5 Å². The van der Waals surface area contributed by atoms with Crippen molar-refractivity contribution < 1.29 is 10.1 Å². The number of rotatable bonds is 4. The molecular weight excluding hydrogens is 278 g/mol. The van der Waals surface area contributed by atoms with Crippen LogP contribution < -0.4 is 5.73 Å². The first-order valence-corrected chi connectivity index (χ1v) is 6.42.